The van der Waals surface area contributed by atoms with E-state index in [-0.39, 0.29) is 10.8 Å². The lowest BCUT2D eigenvalue weighted by molar-refractivity contribution is -0.139. The molecule has 0 aromatic heterocycles. The third kappa shape index (κ3) is 2.75. The minimum atomic E-state index is -0.313. The van der Waals surface area contributed by atoms with Crippen LogP contribution < -0.4 is 0 Å². The SMILES string of the molecule is COC(=O)C(Br)Cc1ccc(Br)c2ccccc12. The molecule has 0 saturated carbocycles. The van der Waals surface area contributed by atoms with E-state index in [9.17, 15) is 4.79 Å². The number of hydrogen-bond acceptors (Lipinski definition) is 2. The van der Waals surface area contributed by atoms with Crippen molar-refractivity contribution >= 4 is 48.6 Å². The van der Waals surface area contributed by atoms with E-state index in [1.54, 1.807) is 0 Å². The van der Waals surface area contributed by atoms with E-state index >= 15 is 0 Å². The van der Waals surface area contributed by atoms with E-state index in [4.69, 9.17) is 4.74 Å². The second kappa shape index (κ2) is 5.85. The van der Waals surface area contributed by atoms with Gasteiger partial charge in [-0.05, 0) is 28.8 Å². The molecule has 0 spiro atoms. The lowest BCUT2D eigenvalue weighted by Crippen LogP contribution is -2.18. The number of rotatable bonds is 3. The fraction of sp³-hybridized carbons (Fsp3) is 0.214. The Balaban J connectivity index is 2.40. The number of fused-ring (bicyclic) bond motifs is 1. The Hall–Kier alpha value is -0.870. The third-order valence-electron chi connectivity index (χ3n) is 2.82. The number of esters is 1. The number of carbonyl (C=O) groups is 1. The second-order valence-corrected chi connectivity index (χ2v) is 5.91. The fourth-order valence-electron chi connectivity index (χ4n) is 1.91. The van der Waals surface area contributed by atoms with Gasteiger partial charge in [-0.15, -0.1) is 0 Å². The Morgan fingerprint density at radius 3 is 2.56 bits per heavy atom. The number of benzene rings is 2. The van der Waals surface area contributed by atoms with Crippen LogP contribution in [0.2, 0.25) is 0 Å². The van der Waals surface area contributed by atoms with Gasteiger partial charge in [0.1, 0.15) is 4.83 Å². The molecule has 1 atom stereocenters. The van der Waals surface area contributed by atoms with Gasteiger partial charge in [0.2, 0.25) is 0 Å². The molecule has 0 heterocycles. The van der Waals surface area contributed by atoms with Gasteiger partial charge < -0.3 is 4.74 Å². The summed E-state index contributed by atoms with van der Waals surface area (Å²) in [6.45, 7) is 0. The van der Waals surface area contributed by atoms with E-state index in [1.165, 1.54) is 7.11 Å². The van der Waals surface area contributed by atoms with Crippen LogP contribution in [0.5, 0.6) is 0 Å². The molecule has 0 aliphatic carbocycles. The summed E-state index contributed by atoms with van der Waals surface area (Å²) in [5.41, 5.74) is 1.13. The van der Waals surface area contributed by atoms with Crippen molar-refractivity contribution in [3.05, 3.63) is 46.4 Å². The van der Waals surface area contributed by atoms with E-state index in [0.29, 0.717) is 6.42 Å². The van der Waals surface area contributed by atoms with Crippen LogP contribution >= 0.6 is 31.9 Å². The highest BCUT2D eigenvalue weighted by Gasteiger charge is 2.17. The average Bonchev–Trinajstić information content (AvgIpc) is 2.41. The summed E-state index contributed by atoms with van der Waals surface area (Å²) < 4.78 is 5.79. The van der Waals surface area contributed by atoms with Crippen molar-refractivity contribution in [1.82, 2.24) is 0 Å². The van der Waals surface area contributed by atoms with Crippen LogP contribution in [0.3, 0.4) is 0 Å². The summed E-state index contributed by atoms with van der Waals surface area (Å²) >= 11 is 6.89. The first-order chi connectivity index (χ1) is 8.63. The molecule has 0 amide bonds. The third-order valence-corrected chi connectivity index (χ3v) is 4.21. The molecule has 0 radical (unpaired) electrons. The average molecular weight is 372 g/mol. The summed E-state index contributed by atoms with van der Waals surface area (Å²) in [6.07, 6.45) is 0.612. The molecule has 2 nitrogen and oxygen atoms in total. The lowest BCUT2D eigenvalue weighted by atomic mass is 10.0. The highest BCUT2D eigenvalue weighted by Crippen LogP contribution is 2.28. The molecule has 18 heavy (non-hydrogen) atoms. The Morgan fingerprint density at radius 1 is 1.22 bits per heavy atom. The predicted octanol–water partition coefficient (Wildman–Crippen LogP) is 4.08. The van der Waals surface area contributed by atoms with E-state index in [2.05, 4.69) is 44.0 Å². The molecule has 0 aliphatic rings. The van der Waals surface area contributed by atoms with E-state index < -0.39 is 0 Å². The highest BCUT2D eigenvalue weighted by molar-refractivity contribution is 9.10. The molecular weight excluding hydrogens is 360 g/mol. The summed E-state index contributed by atoms with van der Waals surface area (Å²) in [5, 5.41) is 2.31. The largest absolute Gasteiger partial charge is 0.468 e. The zero-order chi connectivity index (χ0) is 13.1. The van der Waals surface area contributed by atoms with Gasteiger partial charge >= 0.3 is 5.97 Å². The summed E-state index contributed by atoms with van der Waals surface area (Å²) in [7, 11) is 1.40. The number of methoxy groups -OCH3 is 1. The van der Waals surface area contributed by atoms with Gasteiger partial charge in [-0.25, -0.2) is 0 Å². The topological polar surface area (TPSA) is 26.3 Å². The van der Waals surface area contributed by atoms with Gasteiger partial charge in [0.25, 0.3) is 0 Å². The molecule has 4 heteroatoms. The number of ether oxygens (including phenoxy) is 1. The number of halogens is 2. The first-order valence-corrected chi connectivity index (χ1v) is 7.22. The fourth-order valence-corrected chi connectivity index (χ4v) is 2.92. The summed E-state index contributed by atoms with van der Waals surface area (Å²) in [4.78, 5) is 11.1. The zero-order valence-corrected chi connectivity index (χ0v) is 13.0. The minimum absolute atomic E-state index is 0.248. The summed E-state index contributed by atoms with van der Waals surface area (Å²) in [6, 6.07) is 12.2. The van der Waals surface area contributed by atoms with Crippen LogP contribution in [0.25, 0.3) is 10.8 Å². The van der Waals surface area contributed by atoms with Crippen molar-refractivity contribution in [1.29, 1.82) is 0 Å². The van der Waals surface area contributed by atoms with E-state index in [1.807, 2.05) is 24.3 Å². The number of hydrogen-bond donors (Lipinski definition) is 0. The monoisotopic (exact) mass is 370 g/mol. The molecule has 0 aliphatic heterocycles. The molecule has 94 valence electrons. The zero-order valence-electron chi connectivity index (χ0n) is 9.82. The van der Waals surface area contributed by atoms with Crippen molar-refractivity contribution < 1.29 is 9.53 Å². The highest BCUT2D eigenvalue weighted by atomic mass is 79.9. The number of carbonyl (C=O) groups excluding carboxylic acids is 1. The molecule has 2 aromatic carbocycles. The first kappa shape index (κ1) is 13.6. The molecule has 0 bridgehead atoms. The van der Waals surface area contributed by atoms with Crippen LogP contribution in [-0.4, -0.2) is 17.9 Å². The second-order valence-electron chi connectivity index (χ2n) is 3.95. The number of alkyl halides is 1. The molecular formula is C14H12Br2O2. The standard InChI is InChI=1S/C14H12Br2O2/c1-18-14(17)13(16)8-9-6-7-12(15)11-5-3-2-4-10(9)11/h2-7,13H,8H2,1H3. The van der Waals surface area contributed by atoms with Crippen LogP contribution in [0.4, 0.5) is 0 Å². The van der Waals surface area contributed by atoms with Crippen LogP contribution in [-0.2, 0) is 16.0 Å². The molecule has 1 unspecified atom stereocenters. The maximum Gasteiger partial charge on any atom is 0.319 e. The Labute approximate surface area is 123 Å². The maximum absolute atomic E-state index is 11.4. The van der Waals surface area contributed by atoms with Gasteiger partial charge in [0.05, 0.1) is 7.11 Å². The predicted molar refractivity (Wildman–Crippen MR) is 80.1 cm³/mol. The van der Waals surface area contributed by atoms with Crippen LogP contribution in [0, 0.1) is 0 Å². The first-order valence-electron chi connectivity index (χ1n) is 5.51. The van der Waals surface area contributed by atoms with Gasteiger partial charge in [-0.1, -0.05) is 62.2 Å². The smallest absolute Gasteiger partial charge is 0.319 e. The Morgan fingerprint density at radius 2 is 1.89 bits per heavy atom. The minimum Gasteiger partial charge on any atom is -0.468 e. The van der Waals surface area contributed by atoms with Gasteiger partial charge in [0, 0.05) is 4.47 Å². The Bertz CT molecular complexity index is 581. The quantitative estimate of drug-likeness (QED) is 0.600. The molecule has 2 rings (SSSR count). The lowest BCUT2D eigenvalue weighted by Gasteiger charge is -2.11. The van der Waals surface area contributed by atoms with Gasteiger partial charge in [-0.2, -0.15) is 0 Å². The van der Waals surface area contributed by atoms with Crippen molar-refractivity contribution in [3.8, 4) is 0 Å². The van der Waals surface area contributed by atoms with Crippen LogP contribution in [0.1, 0.15) is 5.56 Å². The van der Waals surface area contributed by atoms with Crippen molar-refractivity contribution in [2.24, 2.45) is 0 Å². The Kier molecular flexibility index (Phi) is 4.40. The maximum atomic E-state index is 11.4. The van der Waals surface area contributed by atoms with Gasteiger partial charge in [-0.3, -0.25) is 4.79 Å². The van der Waals surface area contributed by atoms with Gasteiger partial charge in [0.15, 0.2) is 0 Å². The van der Waals surface area contributed by atoms with Crippen molar-refractivity contribution in [2.45, 2.75) is 11.2 Å². The molecule has 2 aromatic rings. The van der Waals surface area contributed by atoms with E-state index in [0.717, 1.165) is 20.8 Å². The van der Waals surface area contributed by atoms with Crippen LogP contribution in [0.15, 0.2) is 40.9 Å². The van der Waals surface area contributed by atoms with Crippen molar-refractivity contribution in [3.63, 3.8) is 0 Å². The normalized spacial score (nSPS) is 12.4. The molecule has 0 fully saturated rings. The summed E-state index contributed by atoms with van der Waals surface area (Å²) in [5.74, 6) is -0.248. The van der Waals surface area contributed by atoms with Crippen molar-refractivity contribution in [2.75, 3.05) is 7.11 Å². The molecule has 0 N–H and O–H groups in total. The molecule has 0 saturated heterocycles.